The maximum atomic E-state index is 14.6. The highest BCUT2D eigenvalue weighted by Crippen LogP contribution is 2.40. The number of fused-ring (bicyclic) bond motifs is 1. The van der Waals surface area contributed by atoms with Gasteiger partial charge in [-0.25, -0.2) is 38.7 Å². The van der Waals surface area contributed by atoms with Crippen LogP contribution in [0.2, 0.25) is 0 Å². The van der Waals surface area contributed by atoms with Crippen molar-refractivity contribution in [1.29, 1.82) is 0 Å². The molecule has 1 aliphatic rings. The number of rotatable bonds is 7. The van der Waals surface area contributed by atoms with E-state index in [4.69, 9.17) is 15.7 Å². The zero-order valence-corrected chi connectivity index (χ0v) is 44.1. The lowest BCUT2D eigenvalue weighted by molar-refractivity contribution is 0.522. The van der Waals surface area contributed by atoms with Crippen molar-refractivity contribution in [3.05, 3.63) is 139 Å². The Labute approximate surface area is 416 Å². The number of aromatic nitrogens is 6. The molecule has 0 spiro atoms. The number of halogens is 2. The van der Waals surface area contributed by atoms with Gasteiger partial charge in [-0.2, -0.15) is 0 Å². The Morgan fingerprint density at radius 1 is 0.536 bits per heavy atom. The molecule has 3 aromatic heterocycles. The maximum Gasteiger partial charge on any atom is 0.162 e. The minimum Gasteiger partial charge on any atom is -0.325 e. The summed E-state index contributed by atoms with van der Waals surface area (Å²) in [4.78, 5) is 27.6. The topological polar surface area (TPSA) is 103 Å². The van der Waals surface area contributed by atoms with Crippen LogP contribution >= 0.6 is 0 Å². The van der Waals surface area contributed by atoms with Gasteiger partial charge in [-0.05, 0) is 151 Å². The highest BCUT2D eigenvalue weighted by molar-refractivity contribution is 5.61. The predicted octanol–water partition coefficient (Wildman–Crippen LogP) is 16.2. The van der Waals surface area contributed by atoms with Crippen LogP contribution in [0.3, 0.4) is 0 Å². The zero-order chi connectivity index (χ0) is 50.1. The van der Waals surface area contributed by atoms with E-state index in [2.05, 4.69) is 149 Å². The zero-order valence-electron chi connectivity index (χ0n) is 44.1. The summed E-state index contributed by atoms with van der Waals surface area (Å²) in [5, 5.41) is 0. The van der Waals surface area contributed by atoms with E-state index in [0.29, 0.717) is 46.6 Å². The summed E-state index contributed by atoms with van der Waals surface area (Å²) in [6, 6.07) is 17.4. The lowest BCUT2D eigenvalue weighted by Crippen LogP contribution is -2.13. The van der Waals surface area contributed by atoms with Gasteiger partial charge in [0, 0.05) is 40.6 Å². The van der Waals surface area contributed by atoms with Crippen molar-refractivity contribution in [1.82, 2.24) is 29.9 Å². The van der Waals surface area contributed by atoms with E-state index in [1.54, 1.807) is 24.3 Å². The van der Waals surface area contributed by atoms with Gasteiger partial charge >= 0.3 is 0 Å². The van der Waals surface area contributed by atoms with Crippen molar-refractivity contribution in [2.24, 2.45) is 5.73 Å². The quantitative estimate of drug-likeness (QED) is 0.170. The molecule has 374 valence electrons. The molecule has 0 unspecified atom stereocenters. The van der Waals surface area contributed by atoms with Gasteiger partial charge in [0.1, 0.15) is 11.6 Å². The van der Waals surface area contributed by atoms with E-state index in [1.165, 1.54) is 23.1 Å². The van der Waals surface area contributed by atoms with Crippen molar-refractivity contribution in [3.8, 4) is 34.2 Å². The number of nitrogens with zero attached hydrogens (tertiary/aromatic N) is 6. The van der Waals surface area contributed by atoms with Crippen LogP contribution in [0.1, 0.15) is 209 Å². The van der Waals surface area contributed by atoms with E-state index in [-0.39, 0.29) is 43.2 Å². The molecule has 3 heterocycles. The summed E-state index contributed by atoms with van der Waals surface area (Å²) < 4.78 is 29.1. The molecule has 6 aromatic rings. The first kappa shape index (κ1) is 58.0. The molecule has 0 saturated carbocycles. The molecule has 1 aliphatic carbocycles. The second-order valence-corrected chi connectivity index (χ2v) is 22.1. The Morgan fingerprint density at radius 3 is 1.28 bits per heavy atom. The van der Waals surface area contributed by atoms with Gasteiger partial charge in [-0.1, -0.05) is 136 Å². The fourth-order valence-corrected chi connectivity index (χ4v) is 9.55. The molecule has 7 nitrogen and oxygen atoms in total. The summed E-state index contributed by atoms with van der Waals surface area (Å²) in [5.74, 6) is 2.31. The maximum absolute atomic E-state index is 14.6. The molecule has 0 saturated heterocycles. The van der Waals surface area contributed by atoms with Gasteiger partial charge in [-0.3, -0.25) is 0 Å². The number of aryl methyl sites for hydroxylation is 6. The van der Waals surface area contributed by atoms with Gasteiger partial charge < -0.3 is 5.73 Å². The average Bonchev–Trinajstić information content (AvgIpc) is 3.52. The molecule has 0 radical (unpaired) electrons. The SMILES string of the molecule is C.C.Cc1nc(-c2ccc(C(C)(C)C)cc2F)nc(C)c1C(C)C.Cc1nc(-c2ccc(C(C)(C)C)cc2F)nc(CN)c1C(C)C.Cc1nc(-c2ccc3c(c2)CCC3(C)C)nc(C)c1C(C)C. The Hall–Kier alpha value is -5.28. The van der Waals surface area contributed by atoms with Gasteiger partial charge in [0.2, 0.25) is 0 Å². The normalized spacial score (nSPS) is 13.0. The molecular formula is C60H85F2N7. The van der Waals surface area contributed by atoms with Gasteiger partial charge in [-0.15, -0.1) is 0 Å². The molecule has 0 bridgehead atoms. The minimum atomic E-state index is -0.294. The first-order valence-electron chi connectivity index (χ1n) is 24.1. The molecular weight excluding hydrogens is 857 g/mol. The minimum absolute atomic E-state index is 0. The van der Waals surface area contributed by atoms with Crippen LogP contribution < -0.4 is 5.73 Å². The summed E-state index contributed by atoms with van der Waals surface area (Å²) in [5.41, 5.74) is 22.1. The van der Waals surface area contributed by atoms with Crippen molar-refractivity contribution < 1.29 is 8.78 Å². The number of hydrogen-bond donors (Lipinski definition) is 1. The van der Waals surface area contributed by atoms with Crippen LogP contribution in [0.5, 0.6) is 0 Å². The van der Waals surface area contributed by atoms with E-state index in [9.17, 15) is 8.78 Å². The van der Waals surface area contributed by atoms with Crippen molar-refractivity contribution in [3.63, 3.8) is 0 Å². The summed E-state index contributed by atoms with van der Waals surface area (Å²) in [7, 11) is 0. The van der Waals surface area contributed by atoms with E-state index < -0.39 is 0 Å². The molecule has 69 heavy (non-hydrogen) atoms. The second kappa shape index (κ2) is 22.6. The average molecular weight is 942 g/mol. The number of hydrogen-bond acceptors (Lipinski definition) is 7. The molecule has 0 amide bonds. The highest BCUT2D eigenvalue weighted by atomic mass is 19.1. The van der Waals surface area contributed by atoms with E-state index in [0.717, 1.165) is 74.2 Å². The summed E-state index contributed by atoms with van der Waals surface area (Å²) in [6.07, 6.45) is 2.40. The molecule has 0 atom stereocenters. The first-order valence-corrected chi connectivity index (χ1v) is 24.1. The Balaban J connectivity index is 0.000000270. The first-order chi connectivity index (χ1) is 31.0. The Morgan fingerprint density at radius 2 is 0.913 bits per heavy atom. The van der Waals surface area contributed by atoms with Crippen molar-refractivity contribution in [2.45, 2.75) is 200 Å². The Bertz CT molecular complexity index is 2690. The van der Waals surface area contributed by atoms with Crippen molar-refractivity contribution >= 4 is 0 Å². The van der Waals surface area contributed by atoms with Crippen LogP contribution in [-0.2, 0) is 29.2 Å². The predicted molar refractivity (Wildman–Crippen MR) is 288 cm³/mol. The van der Waals surface area contributed by atoms with Crippen LogP contribution in [0, 0.1) is 46.3 Å². The van der Waals surface area contributed by atoms with Gasteiger partial charge in [0.25, 0.3) is 0 Å². The molecule has 7 rings (SSSR count). The molecule has 0 aliphatic heterocycles. The number of nitrogens with two attached hydrogens (primary N) is 1. The van der Waals surface area contributed by atoms with Crippen LogP contribution in [0.15, 0.2) is 54.6 Å². The Kier molecular flexibility index (Phi) is 19.0. The van der Waals surface area contributed by atoms with Crippen LogP contribution in [-0.4, -0.2) is 29.9 Å². The lowest BCUT2D eigenvalue weighted by atomic mass is 9.86. The van der Waals surface area contributed by atoms with E-state index >= 15 is 0 Å². The lowest BCUT2D eigenvalue weighted by Gasteiger charge is -2.20. The fourth-order valence-electron chi connectivity index (χ4n) is 9.55. The third kappa shape index (κ3) is 13.3. The van der Waals surface area contributed by atoms with Crippen LogP contribution in [0.4, 0.5) is 8.78 Å². The summed E-state index contributed by atoms with van der Waals surface area (Å²) >= 11 is 0. The monoisotopic (exact) mass is 942 g/mol. The fraction of sp³-hybridized carbons (Fsp3) is 0.500. The third-order valence-electron chi connectivity index (χ3n) is 13.1. The van der Waals surface area contributed by atoms with Gasteiger partial charge in [0.05, 0.1) is 16.8 Å². The molecule has 3 aromatic carbocycles. The van der Waals surface area contributed by atoms with Gasteiger partial charge in [0.15, 0.2) is 17.5 Å². The molecule has 9 heteroatoms. The highest BCUT2D eigenvalue weighted by Gasteiger charge is 2.30. The van der Waals surface area contributed by atoms with E-state index in [1.807, 2.05) is 32.9 Å². The number of benzene rings is 3. The second-order valence-electron chi connectivity index (χ2n) is 22.1. The largest absolute Gasteiger partial charge is 0.325 e. The smallest absolute Gasteiger partial charge is 0.162 e. The third-order valence-corrected chi connectivity index (χ3v) is 13.1. The van der Waals surface area contributed by atoms with Crippen LogP contribution in [0.25, 0.3) is 34.2 Å². The van der Waals surface area contributed by atoms with Crippen molar-refractivity contribution in [2.75, 3.05) is 0 Å². The molecule has 2 N–H and O–H groups in total. The molecule has 0 fully saturated rings. The summed E-state index contributed by atoms with van der Waals surface area (Å²) in [6.45, 7) is 40.3. The standard InChI is InChI=1S/C20H26N2.C19H26FN3.C19H25FN2.2CH4/c1-12(2)18-13(3)21-19(22-14(18)4)16-7-8-17-15(11-16)9-10-20(17,5)6;1-11(2)17-12(3)22-18(23-16(17)10-21)14-8-7-13(9-15(14)20)19(4,5)6;1-11(2)17-12(3)21-18(22-13(17)4)15-9-8-14(10-16(15)20)19(5,6)7;;/h7-8,11-12H,9-10H2,1-6H3;7-9,11H,10,21H2,1-6H3;8-11H,1-7H3;2*1H4.